The highest BCUT2D eigenvalue weighted by Gasteiger charge is 2.35. The Hall–Kier alpha value is -3.69. The molecule has 2 aromatic carbocycles. The normalized spacial score (nSPS) is 12.5. The van der Waals surface area contributed by atoms with Crippen LogP contribution >= 0.6 is 24.2 Å². The van der Waals surface area contributed by atoms with Gasteiger partial charge in [-0.15, -0.1) is 0 Å². The predicted molar refractivity (Wildman–Crippen MR) is 134 cm³/mol. The summed E-state index contributed by atoms with van der Waals surface area (Å²) in [4.78, 5) is 57.4. The van der Waals surface area contributed by atoms with Gasteiger partial charge in [-0.2, -0.15) is 0 Å². The van der Waals surface area contributed by atoms with Gasteiger partial charge in [0.2, 0.25) is 0 Å². The molecule has 8 nitrogen and oxygen atoms in total. The number of aromatic nitrogens is 1. The minimum atomic E-state index is -0.791. The molecule has 1 aliphatic rings. The molecule has 0 aliphatic carbocycles. The summed E-state index contributed by atoms with van der Waals surface area (Å²) in [7, 11) is 0. The minimum Gasteiger partial charge on any atom is -0.494 e. The summed E-state index contributed by atoms with van der Waals surface area (Å²) >= 11 is 9.96. The van der Waals surface area contributed by atoms with Gasteiger partial charge in [-0.05, 0) is 55.5 Å². The second-order valence-electron chi connectivity index (χ2n) is 7.54. The number of rotatable bonds is 7. The van der Waals surface area contributed by atoms with Gasteiger partial charge in [-0.25, -0.2) is 9.88 Å². The van der Waals surface area contributed by atoms with Gasteiger partial charge < -0.3 is 4.74 Å². The lowest BCUT2D eigenvalue weighted by Crippen LogP contribution is -2.35. The Morgan fingerprint density at radius 1 is 1.00 bits per heavy atom. The summed E-state index contributed by atoms with van der Waals surface area (Å²) in [5.74, 6) is -0.912. The molecule has 0 radical (unpaired) electrons. The van der Waals surface area contributed by atoms with Crippen molar-refractivity contribution in [2.45, 2.75) is 13.3 Å². The van der Waals surface area contributed by atoms with Gasteiger partial charge in [0, 0.05) is 13.0 Å². The number of carbonyl (C=O) groups is 4. The molecule has 0 spiro atoms. The second-order valence-corrected chi connectivity index (χ2v) is 8.31. The van der Waals surface area contributed by atoms with Crippen LogP contribution in [0.3, 0.4) is 0 Å². The smallest absolute Gasteiger partial charge is 0.290 e. The van der Waals surface area contributed by atoms with E-state index in [0.29, 0.717) is 29.2 Å². The van der Waals surface area contributed by atoms with Gasteiger partial charge in [0.1, 0.15) is 10.9 Å². The molecule has 4 amide bonds. The average molecular weight is 510 g/mol. The van der Waals surface area contributed by atoms with E-state index in [-0.39, 0.29) is 29.4 Å². The topological polar surface area (TPSA) is 96.9 Å². The quantitative estimate of drug-likeness (QED) is 0.282. The molecule has 35 heavy (non-hydrogen) atoms. The lowest BCUT2D eigenvalue weighted by atomic mass is 10.1. The molecule has 0 saturated carbocycles. The number of pyridine rings is 1. The largest absolute Gasteiger partial charge is 0.494 e. The van der Waals surface area contributed by atoms with Crippen molar-refractivity contribution in [3.05, 3.63) is 88.2 Å². The zero-order valence-corrected chi connectivity index (χ0v) is 20.3. The number of imide groups is 2. The van der Waals surface area contributed by atoms with Crippen LogP contribution in [0.25, 0.3) is 0 Å². The Bertz CT molecular complexity index is 1290. The highest BCUT2D eigenvalue weighted by Crippen LogP contribution is 2.26. The number of ether oxygens (including phenoxy) is 1. The number of hydrogen-bond acceptors (Lipinski definition) is 6. The predicted octanol–water partition coefficient (Wildman–Crippen LogP) is 4.67. The Balaban J connectivity index is 1.60. The third-order valence-corrected chi connectivity index (χ3v) is 5.83. The average Bonchev–Trinajstić information content (AvgIpc) is 3.08. The van der Waals surface area contributed by atoms with Gasteiger partial charge in [-0.3, -0.25) is 24.1 Å². The molecule has 0 unspecified atom stereocenters. The van der Waals surface area contributed by atoms with E-state index in [2.05, 4.69) is 17.6 Å². The molecule has 178 valence electrons. The number of thiol groups is 1. The molecule has 10 heteroatoms. The number of amides is 4. The highest BCUT2D eigenvalue weighted by molar-refractivity contribution is 7.97. The van der Waals surface area contributed by atoms with Crippen molar-refractivity contribution >= 4 is 52.9 Å². The number of carbonyl (C=O) groups excluding carboxylic acids is 4. The number of nitrogens with zero attached hydrogens (tertiary/aromatic N) is 3. The van der Waals surface area contributed by atoms with Crippen molar-refractivity contribution in [3.63, 3.8) is 0 Å². The van der Waals surface area contributed by atoms with E-state index in [1.165, 1.54) is 12.1 Å². The fourth-order valence-electron chi connectivity index (χ4n) is 3.81. The molecular formula is C25H20ClN3O5S. The summed E-state index contributed by atoms with van der Waals surface area (Å²) in [5, 5.41) is -0.663. The van der Waals surface area contributed by atoms with E-state index >= 15 is 0 Å². The molecule has 0 atom stereocenters. The molecule has 3 aromatic rings. The molecule has 4 rings (SSSR count). The van der Waals surface area contributed by atoms with E-state index < -0.39 is 23.0 Å². The summed E-state index contributed by atoms with van der Waals surface area (Å²) in [6.45, 7) is 2.30. The van der Waals surface area contributed by atoms with E-state index in [0.717, 1.165) is 9.80 Å². The lowest BCUT2D eigenvalue weighted by Gasteiger charge is -2.21. The van der Waals surface area contributed by atoms with Crippen LogP contribution in [0.4, 0.5) is 10.5 Å². The van der Waals surface area contributed by atoms with E-state index in [4.69, 9.17) is 16.3 Å². The van der Waals surface area contributed by atoms with Gasteiger partial charge in [-0.1, -0.05) is 36.4 Å². The SMILES string of the molecule is CCOc1ccc(N(C(=O)S)C(=O)c2ccc(Cl)nc2CCN2C(=O)c3ccccc3C2=O)cc1. The van der Waals surface area contributed by atoms with E-state index in [1.807, 2.05) is 6.92 Å². The zero-order chi connectivity index (χ0) is 25.1. The summed E-state index contributed by atoms with van der Waals surface area (Å²) < 4.78 is 5.41. The van der Waals surface area contributed by atoms with Crippen LogP contribution in [0.1, 0.15) is 43.7 Å². The van der Waals surface area contributed by atoms with Crippen molar-refractivity contribution in [3.8, 4) is 5.75 Å². The summed E-state index contributed by atoms with van der Waals surface area (Å²) in [6, 6.07) is 15.9. The molecule has 0 saturated heterocycles. The monoisotopic (exact) mass is 509 g/mol. The van der Waals surface area contributed by atoms with Crippen LogP contribution in [0.15, 0.2) is 60.7 Å². The van der Waals surface area contributed by atoms with Gasteiger partial charge >= 0.3 is 0 Å². The summed E-state index contributed by atoms with van der Waals surface area (Å²) in [6.07, 6.45) is 0.0605. The summed E-state index contributed by atoms with van der Waals surface area (Å²) in [5.41, 5.74) is 1.29. The van der Waals surface area contributed by atoms with Crippen molar-refractivity contribution in [1.82, 2.24) is 9.88 Å². The molecule has 0 fully saturated rings. The number of halogens is 1. The van der Waals surface area contributed by atoms with Crippen LogP contribution in [0.5, 0.6) is 5.75 Å². The van der Waals surface area contributed by atoms with Crippen LogP contribution in [-0.4, -0.2) is 46.0 Å². The number of hydrogen-bond donors (Lipinski definition) is 1. The number of fused-ring (bicyclic) bond motifs is 1. The van der Waals surface area contributed by atoms with E-state index in [1.54, 1.807) is 48.5 Å². The Morgan fingerprint density at radius 2 is 1.63 bits per heavy atom. The van der Waals surface area contributed by atoms with Crippen molar-refractivity contribution in [2.24, 2.45) is 0 Å². The molecule has 1 aliphatic heterocycles. The minimum absolute atomic E-state index is 0.0160. The first-order valence-corrected chi connectivity index (χ1v) is 11.5. The Kier molecular flexibility index (Phi) is 7.18. The van der Waals surface area contributed by atoms with Crippen LogP contribution < -0.4 is 9.64 Å². The first kappa shape index (κ1) is 24.4. The number of benzene rings is 2. The third kappa shape index (κ3) is 4.91. The maximum Gasteiger partial charge on any atom is 0.290 e. The highest BCUT2D eigenvalue weighted by atomic mass is 35.5. The van der Waals surface area contributed by atoms with Crippen LogP contribution in [0.2, 0.25) is 5.15 Å². The second kappa shape index (κ2) is 10.3. The maximum atomic E-state index is 13.4. The Labute approximate surface area is 211 Å². The van der Waals surface area contributed by atoms with E-state index in [9.17, 15) is 19.2 Å². The van der Waals surface area contributed by atoms with Crippen molar-refractivity contribution in [2.75, 3.05) is 18.1 Å². The zero-order valence-electron chi connectivity index (χ0n) is 18.6. The van der Waals surface area contributed by atoms with Gasteiger partial charge in [0.15, 0.2) is 0 Å². The fourth-order valence-corrected chi connectivity index (χ4v) is 4.18. The van der Waals surface area contributed by atoms with Crippen LogP contribution in [-0.2, 0) is 6.42 Å². The standard InChI is InChI=1S/C25H20ClN3O5S/c1-2-34-16-9-7-15(8-10-16)29(25(33)35)24(32)19-11-12-21(26)27-20(19)13-14-28-22(30)17-5-3-4-6-18(17)23(28)31/h3-12H,2,13-14H2,1H3,(H,33,35). The third-order valence-electron chi connectivity index (χ3n) is 5.42. The first-order valence-electron chi connectivity index (χ1n) is 10.7. The number of anilines is 1. The van der Waals surface area contributed by atoms with Crippen molar-refractivity contribution < 1.29 is 23.9 Å². The van der Waals surface area contributed by atoms with Gasteiger partial charge in [0.05, 0.1) is 34.7 Å². The lowest BCUT2D eigenvalue weighted by molar-refractivity contribution is 0.0655. The Morgan fingerprint density at radius 3 is 2.20 bits per heavy atom. The fraction of sp³-hybridized carbons (Fsp3) is 0.160. The van der Waals surface area contributed by atoms with Gasteiger partial charge in [0.25, 0.3) is 23.0 Å². The molecule has 2 heterocycles. The first-order chi connectivity index (χ1) is 16.8. The molecule has 0 N–H and O–H groups in total. The van der Waals surface area contributed by atoms with Crippen molar-refractivity contribution in [1.29, 1.82) is 0 Å². The molecule has 1 aromatic heterocycles. The van der Waals surface area contributed by atoms with Crippen LogP contribution in [0, 0.1) is 0 Å². The maximum absolute atomic E-state index is 13.4. The molecular weight excluding hydrogens is 490 g/mol. The molecule has 0 bridgehead atoms.